The van der Waals surface area contributed by atoms with Gasteiger partial charge >= 0.3 is 0 Å². The summed E-state index contributed by atoms with van der Waals surface area (Å²) in [6, 6.07) is 2.45. The first kappa shape index (κ1) is 24.0. The Balaban J connectivity index is 1.75. The van der Waals surface area contributed by atoms with E-state index < -0.39 is 11.7 Å². The summed E-state index contributed by atoms with van der Waals surface area (Å²) in [5, 5.41) is 7.52. The quantitative estimate of drug-likeness (QED) is 0.408. The van der Waals surface area contributed by atoms with Crippen LogP contribution in [-0.4, -0.2) is 69.4 Å². The second kappa shape index (κ2) is 9.60. The Kier molecular flexibility index (Phi) is 6.57. The van der Waals surface area contributed by atoms with Gasteiger partial charge in [0.05, 0.1) is 41.6 Å². The van der Waals surface area contributed by atoms with Crippen LogP contribution in [0.5, 0.6) is 0 Å². The van der Waals surface area contributed by atoms with Crippen LogP contribution in [0, 0.1) is 17.7 Å². The van der Waals surface area contributed by atoms with Crippen molar-refractivity contribution >= 4 is 28.7 Å². The molecule has 0 radical (unpaired) electrons. The molecule has 10 nitrogen and oxygen atoms in total. The number of anilines is 1. The van der Waals surface area contributed by atoms with E-state index in [1.807, 2.05) is 0 Å². The average Bonchev–Trinajstić information content (AvgIpc) is 3.52. The van der Waals surface area contributed by atoms with Crippen molar-refractivity contribution in [3.63, 3.8) is 0 Å². The molecule has 4 rings (SSSR count). The Morgan fingerprint density at radius 2 is 2.17 bits per heavy atom. The van der Waals surface area contributed by atoms with Gasteiger partial charge in [-0.1, -0.05) is 12.5 Å². The second-order valence-electron chi connectivity index (χ2n) is 8.25. The predicted molar refractivity (Wildman–Crippen MR) is 128 cm³/mol. The highest BCUT2D eigenvalue weighted by molar-refractivity contribution is 6.00. The van der Waals surface area contributed by atoms with Crippen LogP contribution in [0.3, 0.4) is 0 Å². The van der Waals surface area contributed by atoms with Gasteiger partial charge in [0, 0.05) is 33.8 Å². The number of imidazole rings is 1. The lowest BCUT2D eigenvalue weighted by molar-refractivity contribution is -0.127. The number of rotatable bonds is 6. The third-order valence-corrected chi connectivity index (χ3v) is 6.08. The van der Waals surface area contributed by atoms with Crippen molar-refractivity contribution in [3.8, 4) is 11.8 Å². The Hall–Kier alpha value is -4.17. The molecule has 0 bridgehead atoms. The normalized spacial score (nSPS) is 17.3. The number of ether oxygens (including phenoxy) is 1. The molecule has 0 spiro atoms. The average molecular weight is 480 g/mol. The van der Waals surface area contributed by atoms with Crippen molar-refractivity contribution in [1.29, 1.82) is 0 Å². The van der Waals surface area contributed by atoms with Gasteiger partial charge in [-0.15, -0.1) is 0 Å². The number of fused-ring (bicyclic) bond motifs is 1. The third kappa shape index (κ3) is 4.36. The molecule has 0 saturated carbocycles. The summed E-state index contributed by atoms with van der Waals surface area (Å²) < 4.78 is 23.3. The molecule has 1 aliphatic rings. The van der Waals surface area contributed by atoms with E-state index in [-0.39, 0.29) is 34.8 Å². The van der Waals surface area contributed by atoms with Crippen LogP contribution in [-0.2, 0) is 16.6 Å². The van der Waals surface area contributed by atoms with Crippen molar-refractivity contribution in [2.75, 3.05) is 32.6 Å². The lowest BCUT2D eigenvalue weighted by Crippen LogP contribution is -2.37. The van der Waals surface area contributed by atoms with E-state index in [0.29, 0.717) is 36.4 Å². The first-order valence-electron chi connectivity index (χ1n) is 10.9. The maximum atomic E-state index is 14.7. The van der Waals surface area contributed by atoms with E-state index in [2.05, 4.69) is 33.8 Å². The molecular formula is C24H26FN7O3. The number of methoxy groups -OCH3 is 1. The number of aromatic nitrogens is 4. The number of aryl methyl sites for hydroxylation is 1. The number of carbonyl (C=O) groups is 2. The molecule has 2 amide bonds. The number of benzene rings is 1. The van der Waals surface area contributed by atoms with Crippen molar-refractivity contribution in [3.05, 3.63) is 53.8 Å². The van der Waals surface area contributed by atoms with Crippen molar-refractivity contribution in [2.45, 2.75) is 18.5 Å². The van der Waals surface area contributed by atoms with Gasteiger partial charge in [0.1, 0.15) is 17.2 Å². The molecule has 3 aromatic rings. The van der Waals surface area contributed by atoms with Crippen LogP contribution < -0.4 is 11.1 Å². The highest BCUT2D eigenvalue weighted by Crippen LogP contribution is 2.32. The van der Waals surface area contributed by atoms with E-state index in [1.54, 1.807) is 47.7 Å². The summed E-state index contributed by atoms with van der Waals surface area (Å²) in [5.74, 6) is 4.48. The highest BCUT2D eigenvalue weighted by Gasteiger charge is 2.37. The summed E-state index contributed by atoms with van der Waals surface area (Å²) in [7, 11) is 4.98. The van der Waals surface area contributed by atoms with Crippen LogP contribution in [0.25, 0.3) is 11.0 Å². The van der Waals surface area contributed by atoms with E-state index in [0.717, 1.165) is 0 Å². The number of primary amides is 1. The molecule has 1 aromatic carbocycles. The minimum atomic E-state index is -0.726. The van der Waals surface area contributed by atoms with Crippen LogP contribution in [0.2, 0.25) is 0 Å². The number of likely N-dealkylation sites (tertiary alicyclic amines) is 1. The van der Waals surface area contributed by atoms with Crippen molar-refractivity contribution in [2.24, 2.45) is 12.8 Å². The minimum absolute atomic E-state index is 0.0936. The van der Waals surface area contributed by atoms with E-state index >= 15 is 0 Å². The summed E-state index contributed by atoms with van der Waals surface area (Å²) in [4.78, 5) is 30.6. The monoisotopic (exact) mass is 479 g/mol. The number of halogens is 1. The molecule has 2 aromatic heterocycles. The highest BCUT2D eigenvalue weighted by atomic mass is 19.1. The maximum Gasteiger partial charge on any atom is 0.255 e. The predicted octanol–water partition coefficient (Wildman–Crippen LogP) is 1.42. The lowest BCUT2D eigenvalue weighted by Gasteiger charge is -2.22. The number of hydrogen-bond acceptors (Lipinski definition) is 6. The van der Waals surface area contributed by atoms with Crippen LogP contribution in [0.1, 0.15) is 34.1 Å². The molecule has 11 heteroatoms. The largest absolute Gasteiger partial charge is 0.383 e. The Morgan fingerprint density at radius 1 is 1.40 bits per heavy atom. The number of hydrogen-bond donors (Lipinski definition) is 2. The zero-order chi connectivity index (χ0) is 25.3. The van der Waals surface area contributed by atoms with Crippen LogP contribution in [0.4, 0.5) is 10.2 Å². The number of nitrogens with two attached hydrogens (primary N) is 1. The number of nitrogens with zero attached hydrogens (tertiary/aromatic N) is 5. The molecule has 0 aliphatic carbocycles. The fraction of sp³-hybridized carbons (Fsp3) is 0.333. The second-order valence-corrected chi connectivity index (χ2v) is 8.25. The SMILES string of the molecule is C=CC(=O)N1C[C@@H](n2nc(C#Cc3cc4ncn(C)c4cc3F)c(C(N)=O)c2NC)C[C@@H]1COC. The maximum absolute atomic E-state index is 14.7. The van der Waals surface area contributed by atoms with Crippen molar-refractivity contribution < 1.29 is 18.7 Å². The molecule has 1 fully saturated rings. The Bertz CT molecular complexity index is 1380. The van der Waals surface area contributed by atoms with Gasteiger partial charge in [0.15, 0.2) is 5.69 Å². The van der Waals surface area contributed by atoms with E-state index in [1.165, 1.54) is 12.1 Å². The first-order chi connectivity index (χ1) is 16.8. The molecule has 35 heavy (non-hydrogen) atoms. The van der Waals surface area contributed by atoms with Gasteiger partial charge in [-0.05, 0) is 24.5 Å². The topological polar surface area (TPSA) is 120 Å². The minimum Gasteiger partial charge on any atom is -0.383 e. The number of carbonyl (C=O) groups excluding carboxylic acids is 2. The molecule has 1 saturated heterocycles. The van der Waals surface area contributed by atoms with Gasteiger partial charge in [0.25, 0.3) is 5.91 Å². The Morgan fingerprint density at radius 3 is 2.83 bits per heavy atom. The van der Waals surface area contributed by atoms with Crippen molar-refractivity contribution in [1.82, 2.24) is 24.2 Å². The van der Waals surface area contributed by atoms with Gasteiger partial charge in [0.2, 0.25) is 5.91 Å². The zero-order valence-electron chi connectivity index (χ0n) is 19.7. The third-order valence-electron chi connectivity index (χ3n) is 6.08. The van der Waals surface area contributed by atoms with Crippen LogP contribution >= 0.6 is 0 Å². The summed E-state index contributed by atoms with van der Waals surface area (Å²) in [5.41, 5.74) is 7.22. The molecule has 3 heterocycles. The molecule has 0 unspecified atom stereocenters. The standard InChI is InChI=1S/C24H26FN7O3/c1-5-21(33)31-11-15(9-16(31)12-35-4)32-24(27-2)22(23(26)34)18(29-32)7-6-14-8-19-20(10-17(14)25)30(3)13-28-19/h5,8,10,13,15-16,27H,1,9,11-12H2,2-4H3,(H2,26,34)/t15-,16+/m0/s1. The molecular weight excluding hydrogens is 453 g/mol. The van der Waals surface area contributed by atoms with Gasteiger partial charge in [-0.3, -0.25) is 9.59 Å². The lowest BCUT2D eigenvalue weighted by atomic mass is 10.1. The summed E-state index contributed by atoms with van der Waals surface area (Å²) >= 11 is 0. The van der Waals surface area contributed by atoms with E-state index in [4.69, 9.17) is 10.5 Å². The zero-order valence-corrected chi connectivity index (χ0v) is 19.7. The summed E-state index contributed by atoms with van der Waals surface area (Å²) in [6.45, 7) is 4.25. The number of nitrogens with one attached hydrogen (secondary N) is 1. The molecule has 182 valence electrons. The van der Waals surface area contributed by atoms with Gasteiger partial charge in [-0.2, -0.15) is 5.10 Å². The van der Waals surface area contributed by atoms with E-state index in [9.17, 15) is 14.0 Å². The molecule has 2 atom stereocenters. The Labute approximate surface area is 201 Å². The molecule has 1 aliphatic heterocycles. The summed E-state index contributed by atoms with van der Waals surface area (Å²) in [6.07, 6.45) is 3.39. The fourth-order valence-electron chi connectivity index (χ4n) is 4.44. The molecule has 3 N–H and O–H groups in total. The smallest absolute Gasteiger partial charge is 0.255 e. The number of amides is 2. The first-order valence-corrected chi connectivity index (χ1v) is 10.9. The van der Waals surface area contributed by atoms with Gasteiger partial charge in [-0.25, -0.2) is 14.1 Å². The van der Waals surface area contributed by atoms with Crippen LogP contribution in [0.15, 0.2) is 31.1 Å². The fourth-order valence-corrected chi connectivity index (χ4v) is 4.44. The van der Waals surface area contributed by atoms with Gasteiger partial charge < -0.3 is 25.3 Å².